The molecule has 2 rings (SSSR count). The van der Waals surface area contributed by atoms with Crippen LogP contribution < -0.4 is 20.2 Å². The van der Waals surface area contributed by atoms with E-state index < -0.39 is 0 Å². The van der Waals surface area contributed by atoms with Crippen molar-refractivity contribution in [1.29, 1.82) is 0 Å². The molecule has 0 unspecified atom stereocenters. The fourth-order valence-electron chi connectivity index (χ4n) is 2.70. The third-order valence-corrected chi connectivity index (χ3v) is 4.62. The number of carbonyl (C=O) groups is 2. The van der Waals surface area contributed by atoms with E-state index in [9.17, 15) is 9.59 Å². The number of halogens is 1. The van der Waals surface area contributed by atoms with Crippen LogP contribution in [0.1, 0.15) is 41.6 Å². The SMILES string of the molecule is COc1ccc(/C=N/NC(=O)CCCCCNC(=O)c2ccccc2Cl)cc1OC. The summed E-state index contributed by atoms with van der Waals surface area (Å²) in [5, 5.41) is 7.22. The van der Waals surface area contributed by atoms with Gasteiger partial charge in [0, 0.05) is 13.0 Å². The average Bonchev–Trinajstić information content (AvgIpc) is 2.76. The van der Waals surface area contributed by atoms with Crippen molar-refractivity contribution in [2.75, 3.05) is 20.8 Å². The van der Waals surface area contributed by atoms with Crippen LogP contribution in [0.3, 0.4) is 0 Å². The highest BCUT2D eigenvalue weighted by molar-refractivity contribution is 6.33. The lowest BCUT2D eigenvalue weighted by atomic mass is 10.1. The Kier molecular flexibility index (Phi) is 9.67. The van der Waals surface area contributed by atoms with E-state index in [0.717, 1.165) is 18.4 Å². The Morgan fingerprint density at radius 1 is 1.03 bits per heavy atom. The maximum absolute atomic E-state index is 12.0. The summed E-state index contributed by atoms with van der Waals surface area (Å²) in [6, 6.07) is 12.3. The van der Waals surface area contributed by atoms with E-state index in [-0.39, 0.29) is 11.8 Å². The second-order valence-electron chi connectivity index (χ2n) is 6.45. The number of nitrogens with zero attached hydrogens (tertiary/aromatic N) is 1. The number of hydrogen-bond acceptors (Lipinski definition) is 5. The van der Waals surface area contributed by atoms with Crippen molar-refractivity contribution >= 4 is 29.6 Å². The van der Waals surface area contributed by atoms with Gasteiger partial charge in [-0.15, -0.1) is 0 Å². The Hall–Kier alpha value is -3.06. The normalized spacial score (nSPS) is 10.6. The Bertz CT molecular complexity index is 886. The first kappa shape index (κ1) is 23.2. The first-order valence-electron chi connectivity index (χ1n) is 9.61. The third kappa shape index (κ3) is 7.40. The number of rotatable bonds is 11. The molecule has 0 bridgehead atoms. The lowest BCUT2D eigenvalue weighted by Crippen LogP contribution is -2.24. The summed E-state index contributed by atoms with van der Waals surface area (Å²) in [5.74, 6) is 0.866. The van der Waals surface area contributed by atoms with Gasteiger partial charge in [0.15, 0.2) is 11.5 Å². The molecular weight excluding hydrogens is 406 g/mol. The van der Waals surface area contributed by atoms with Gasteiger partial charge in [-0.2, -0.15) is 5.10 Å². The van der Waals surface area contributed by atoms with Crippen molar-refractivity contribution in [3.05, 3.63) is 58.6 Å². The number of methoxy groups -OCH3 is 2. The average molecular weight is 432 g/mol. The lowest BCUT2D eigenvalue weighted by molar-refractivity contribution is -0.121. The molecule has 0 fully saturated rings. The number of benzene rings is 2. The maximum atomic E-state index is 12.0. The predicted molar refractivity (Wildman–Crippen MR) is 118 cm³/mol. The molecule has 7 nitrogen and oxygen atoms in total. The van der Waals surface area contributed by atoms with Crippen LogP contribution in [0.25, 0.3) is 0 Å². The summed E-state index contributed by atoms with van der Waals surface area (Å²) in [6.07, 6.45) is 4.21. The molecule has 0 saturated heterocycles. The molecule has 160 valence electrons. The smallest absolute Gasteiger partial charge is 0.252 e. The van der Waals surface area contributed by atoms with Gasteiger partial charge in [-0.1, -0.05) is 30.2 Å². The van der Waals surface area contributed by atoms with Gasteiger partial charge < -0.3 is 14.8 Å². The van der Waals surface area contributed by atoms with Gasteiger partial charge in [0.05, 0.1) is 31.0 Å². The van der Waals surface area contributed by atoms with Crippen LogP contribution in [-0.4, -0.2) is 38.8 Å². The number of unbranched alkanes of at least 4 members (excludes halogenated alkanes) is 2. The van der Waals surface area contributed by atoms with E-state index in [4.69, 9.17) is 21.1 Å². The van der Waals surface area contributed by atoms with E-state index in [1.54, 1.807) is 56.8 Å². The molecule has 2 aromatic carbocycles. The maximum Gasteiger partial charge on any atom is 0.252 e. The summed E-state index contributed by atoms with van der Waals surface area (Å²) in [7, 11) is 3.13. The molecule has 2 aromatic rings. The van der Waals surface area contributed by atoms with Crippen molar-refractivity contribution in [2.45, 2.75) is 25.7 Å². The van der Waals surface area contributed by atoms with Gasteiger partial charge >= 0.3 is 0 Å². The number of hydrogen-bond donors (Lipinski definition) is 2. The fourth-order valence-corrected chi connectivity index (χ4v) is 2.92. The zero-order chi connectivity index (χ0) is 21.8. The first-order chi connectivity index (χ1) is 14.5. The molecule has 0 heterocycles. The number of carbonyl (C=O) groups excluding carboxylic acids is 2. The highest BCUT2D eigenvalue weighted by Gasteiger charge is 2.08. The standard InChI is InChI=1S/C22H26ClN3O4/c1-29-19-12-11-16(14-20(19)30-2)15-25-26-21(27)10-4-3-7-13-24-22(28)17-8-5-6-9-18(17)23/h5-6,8-9,11-12,14-15H,3-4,7,10,13H2,1-2H3,(H,24,28)(H,26,27)/b25-15+. The number of nitrogens with one attached hydrogen (secondary N) is 2. The highest BCUT2D eigenvalue weighted by Crippen LogP contribution is 2.26. The summed E-state index contributed by atoms with van der Waals surface area (Å²) in [4.78, 5) is 23.9. The van der Waals surface area contributed by atoms with Gasteiger partial charge in [0.1, 0.15) is 0 Å². The van der Waals surface area contributed by atoms with Crippen LogP contribution in [0.15, 0.2) is 47.6 Å². The van der Waals surface area contributed by atoms with Crippen molar-refractivity contribution in [3.8, 4) is 11.5 Å². The monoisotopic (exact) mass is 431 g/mol. The second kappa shape index (κ2) is 12.5. The summed E-state index contributed by atoms with van der Waals surface area (Å²) in [6.45, 7) is 0.531. The van der Waals surface area contributed by atoms with Gasteiger partial charge in [-0.25, -0.2) is 5.43 Å². The quantitative estimate of drug-likeness (QED) is 0.322. The fraction of sp³-hybridized carbons (Fsp3) is 0.318. The highest BCUT2D eigenvalue weighted by atomic mass is 35.5. The van der Waals surface area contributed by atoms with Crippen LogP contribution in [0.4, 0.5) is 0 Å². The summed E-state index contributed by atoms with van der Waals surface area (Å²) >= 11 is 6.00. The van der Waals surface area contributed by atoms with Crippen LogP contribution >= 0.6 is 11.6 Å². The van der Waals surface area contributed by atoms with Crippen LogP contribution in [0.2, 0.25) is 5.02 Å². The minimum absolute atomic E-state index is 0.160. The van der Waals surface area contributed by atoms with Gasteiger partial charge in [0.2, 0.25) is 5.91 Å². The molecule has 2 N–H and O–H groups in total. The van der Waals surface area contributed by atoms with Gasteiger partial charge in [0.25, 0.3) is 5.91 Å². The molecule has 0 saturated carbocycles. The Balaban J connectivity index is 1.62. The second-order valence-corrected chi connectivity index (χ2v) is 6.86. The van der Waals surface area contributed by atoms with Crippen LogP contribution in [0.5, 0.6) is 11.5 Å². The van der Waals surface area contributed by atoms with E-state index in [1.165, 1.54) is 0 Å². The minimum atomic E-state index is -0.192. The minimum Gasteiger partial charge on any atom is -0.493 e. The van der Waals surface area contributed by atoms with Crippen molar-refractivity contribution in [3.63, 3.8) is 0 Å². The molecule has 0 spiro atoms. The molecule has 0 atom stereocenters. The number of ether oxygens (including phenoxy) is 2. The zero-order valence-corrected chi connectivity index (χ0v) is 17.9. The van der Waals surface area contributed by atoms with Crippen molar-refractivity contribution in [2.24, 2.45) is 5.10 Å². The Labute approximate surface area is 181 Å². The zero-order valence-electron chi connectivity index (χ0n) is 17.1. The molecule has 8 heteroatoms. The first-order valence-corrected chi connectivity index (χ1v) is 9.99. The summed E-state index contributed by atoms with van der Waals surface area (Å²) < 4.78 is 10.4. The van der Waals surface area contributed by atoms with Crippen LogP contribution in [-0.2, 0) is 4.79 Å². The van der Waals surface area contributed by atoms with E-state index in [2.05, 4.69) is 15.8 Å². The number of amides is 2. The van der Waals surface area contributed by atoms with E-state index in [1.807, 2.05) is 6.07 Å². The molecule has 0 aromatic heterocycles. The van der Waals surface area contributed by atoms with Gasteiger partial charge in [-0.05, 0) is 48.7 Å². The largest absolute Gasteiger partial charge is 0.493 e. The Morgan fingerprint density at radius 3 is 2.53 bits per heavy atom. The van der Waals surface area contributed by atoms with Gasteiger partial charge in [-0.3, -0.25) is 9.59 Å². The third-order valence-electron chi connectivity index (χ3n) is 4.30. The molecule has 0 aliphatic heterocycles. The Morgan fingerprint density at radius 2 is 1.80 bits per heavy atom. The van der Waals surface area contributed by atoms with Crippen molar-refractivity contribution < 1.29 is 19.1 Å². The molecule has 0 aliphatic carbocycles. The predicted octanol–water partition coefficient (Wildman–Crippen LogP) is 3.80. The molecule has 0 radical (unpaired) electrons. The number of hydrazone groups is 1. The summed E-state index contributed by atoms with van der Waals surface area (Å²) in [5.41, 5.74) is 3.75. The molecular formula is C22H26ClN3O4. The van der Waals surface area contributed by atoms with E-state index >= 15 is 0 Å². The molecule has 30 heavy (non-hydrogen) atoms. The molecule has 0 aliphatic rings. The lowest BCUT2D eigenvalue weighted by Gasteiger charge is -2.07. The van der Waals surface area contributed by atoms with E-state index in [0.29, 0.717) is 41.5 Å². The van der Waals surface area contributed by atoms with Crippen molar-refractivity contribution in [1.82, 2.24) is 10.7 Å². The topological polar surface area (TPSA) is 89.0 Å². The van der Waals surface area contributed by atoms with Crippen LogP contribution in [0, 0.1) is 0 Å². The molecule has 2 amide bonds.